The molecule has 1 heterocycles. The summed E-state index contributed by atoms with van der Waals surface area (Å²) in [6.45, 7) is 2.54. The van der Waals surface area contributed by atoms with E-state index in [0.717, 1.165) is 26.0 Å². The number of rotatable bonds is 6. The highest BCUT2D eigenvalue weighted by Gasteiger charge is 2.33. The number of hydrogen-bond donors (Lipinski definition) is 2. The van der Waals surface area contributed by atoms with Crippen molar-refractivity contribution in [2.75, 3.05) is 32.9 Å². The molecular weight excluding hydrogens is 220 g/mol. The molecule has 2 fully saturated rings. The number of hydrogen-bond acceptors (Lipinski definition) is 4. The molecule has 1 unspecified atom stereocenters. The molecule has 2 rings (SSSR count). The molecule has 1 saturated heterocycles. The molecule has 0 radical (unpaired) electrons. The predicted octanol–water partition coefficient (Wildman–Crippen LogP) is 0.0371. The van der Waals surface area contributed by atoms with E-state index in [4.69, 9.17) is 15.2 Å². The van der Waals surface area contributed by atoms with Crippen LogP contribution in [0.2, 0.25) is 0 Å². The topological polar surface area (TPSA) is 73.6 Å². The van der Waals surface area contributed by atoms with Crippen molar-refractivity contribution in [1.29, 1.82) is 0 Å². The van der Waals surface area contributed by atoms with Gasteiger partial charge < -0.3 is 20.5 Å². The van der Waals surface area contributed by atoms with Crippen LogP contribution >= 0.6 is 0 Å². The smallest absolute Gasteiger partial charge is 0.246 e. The first-order chi connectivity index (χ1) is 8.24. The highest BCUT2D eigenvalue weighted by atomic mass is 16.5. The minimum Gasteiger partial charge on any atom is -0.378 e. The van der Waals surface area contributed by atoms with E-state index < -0.39 is 5.60 Å². The number of amides is 1. The van der Waals surface area contributed by atoms with Crippen molar-refractivity contribution >= 4 is 5.91 Å². The number of carbonyl (C=O) groups excluding carboxylic acids is 1. The zero-order valence-electron chi connectivity index (χ0n) is 10.2. The highest BCUT2D eigenvalue weighted by molar-refractivity contribution is 5.77. The Balaban J connectivity index is 1.68. The fourth-order valence-corrected chi connectivity index (χ4v) is 2.01. The van der Waals surface area contributed by atoms with E-state index in [1.54, 1.807) is 0 Å². The molecule has 3 N–H and O–H groups in total. The van der Waals surface area contributed by atoms with E-state index in [0.29, 0.717) is 19.1 Å². The van der Waals surface area contributed by atoms with Crippen LogP contribution in [0.5, 0.6) is 0 Å². The molecule has 5 nitrogen and oxygen atoms in total. The van der Waals surface area contributed by atoms with Gasteiger partial charge in [-0.2, -0.15) is 0 Å². The largest absolute Gasteiger partial charge is 0.378 e. The SMILES string of the molecule is NCC1(OCC(=O)NCC2CC2)CCCOC1. The lowest BCUT2D eigenvalue weighted by Gasteiger charge is -2.35. The van der Waals surface area contributed by atoms with Gasteiger partial charge >= 0.3 is 0 Å². The zero-order valence-corrected chi connectivity index (χ0v) is 10.2. The van der Waals surface area contributed by atoms with Crippen molar-refractivity contribution < 1.29 is 14.3 Å². The van der Waals surface area contributed by atoms with E-state index >= 15 is 0 Å². The third-order valence-electron chi connectivity index (χ3n) is 3.45. The molecule has 0 aromatic carbocycles. The van der Waals surface area contributed by atoms with Crippen LogP contribution < -0.4 is 11.1 Å². The van der Waals surface area contributed by atoms with Crippen molar-refractivity contribution in [3.05, 3.63) is 0 Å². The van der Waals surface area contributed by atoms with Gasteiger partial charge in [0, 0.05) is 19.7 Å². The summed E-state index contributed by atoms with van der Waals surface area (Å²) in [6, 6.07) is 0. The van der Waals surface area contributed by atoms with Gasteiger partial charge in [0.2, 0.25) is 5.91 Å². The van der Waals surface area contributed by atoms with Crippen LogP contribution in [-0.2, 0) is 14.3 Å². The van der Waals surface area contributed by atoms with Crippen LogP contribution in [-0.4, -0.2) is 44.4 Å². The molecular formula is C12H22N2O3. The molecule has 5 heteroatoms. The fourth-order valence-electron chi connectivity index (χ4n) is 2.01. The second kappa shape index (κ2) is 5.80. The van der Waals surface area contributed by atoms with Gasteiger partial charge in [-0.1, -0.05) is 0 Å². The third kappa shape index (κ3) is 3.94. The molecule has 1 atom stereocenters. The fraction of sp³-hybridized carbons (Fsp3) is 0.917. The molecule has 2 aliphatic rings. The quantitative estimate of drug-likeness (QED) is 0.689. The maximum atomic E-state index is 11.6. The summed E-state index contributed by atoms with van der Waals surface area (Å²) in [5.74, 6) is 0.649. The predicted molar refractivity (Wildman–Crippen MR) is 63.5 cm³/mol. The summed E-state index contributed by atoms with van der Waals surface area (Å²) in [6.07, 6.45) is 4.30. The molecule has 0 aromatic heterocycles. The number of nitrogens with two attached hydrogens (primary N) is 1. The molecule has 17 heavy (non-hydrogen) atoms. The van der Waals surface area contributed by atoms with Gasteiger partial charge in [0.05, 0.1) is 6.61 Å². The van der Waals surface area contributed by atoms with Crippen molar-refractivity contribution in [3.8, 4) is 0 Å². The highest BCUT2D eigenvalue weighted by Crippen LogP contribution is 2.27. The Kier molecular flexibility index (Phi) is 4.36. The first-order valence-electron chi connectivity index (χ1n) is 6.43. The molecule has 1 aliphatic heterocycles. The lowest BCUT2D eigenvalue weighted by atomic mass is 9.96. The number of nitrogens with one attached hydrogen (secondary N) is 1. The molecule has 1 saturated carbocycles. The van der Waals surface area contributed by atoms with Crippen LogP contribution in [0, 0.1) is 5.92 Å². The lowest BCUT2D eigenvalue weighted by molar-refractivity contribution is -0.147. The maximum absolute atomic E-state index is 11.6. The van der Waals surface area contributed by atoms with E-state index in [2.05, 4.69) is 5.32 Å². The average Bonchev–Trinajstić information content (AvgIpc) is 3.19. The van der Waals surface area contributed by atoms with E-state index in [9.17, 15) is 4.79 Å². The minimum absolute atomic E-state index is 0.0460. The number of carbonyl (C=O) groups is 1. The average molecular weight is 242 g/mol. The van der Waals surface area contributed by atoms with Gasteiger partial charge in [-0.3, -0.25) is 4.79 Å². The normalized spacial score (nSPS) is 29.0. The molecule has 1 amide bonds. The Morgan fingerprint density at radius 3 is 2.94 bits per heavy atom. The summed E-state index contributed by atoms with van der Waals surface area (Å²) in [4.78, 5) is 11.6. The van der Waals surface area contributed by atoms with E-state index in [-0.39, 0.29) is 12.5 Å². The van der Waals surface area contributed by atoms with Gasteiger partial charge in [-0.15, -0.1) is 0 Å². The first-order valence-corrected chi connectivity index (χ1v) is 6.43. The Labute approximate surface area is 102 Å². The lowest BCUT2D eigenvalue weighted by Crippen LogP contribution is -2.49. The van der Waals surface area contributed by atoms with Crippen LogP contribution in [0.1, 0.15) is 25.7 Å². The van der Waals surface area contributed by atoms with Crippen LogP contribution in [0.25, 0.3) is 0 Å². The van der Waals surface area contributed by atoms with Gasteiger partial charge in [0.25, 0.3) is 0 Å². The van der Waals surface area contributed by atoms with Gasteiger partial charge in [-0.05, 0) is 31.6 Å². The van der Waals surface area contributed by atoms with Crippen molar-refractivity contribution in [2.24, 2.45) is 11.7 Å². The Morgan fingerprint density at radius 2 is 2.35 bits per heavy atom. The standard InChI is InChI=1S/C12H22N2O3/c13-8-12(4-1-5-16-9-12)17-7-11(15)14-6-10-2-3-10/h10H,1-9,13H2,(H,14,15). The summed E-state index contributed by atoms with van der Waals surface area (Å²) >= 11 is 0. The molecule has 0 aromatic rings. The van der Waals surface area contributed by atoms with Crippen molar-refractivity contribution in [3.63, 3.8) is 0 Å². The Hall–Kier alpha value is -0.650. The van der Waals surface area contributed by atoms with Crippen LogP contribution in [0.15, 0.2) is 0 Å². The molecule has 98 valence electrons. The van der Waals surface area contributed by atoms with Gasteiger partial charge in [-0.25, -0.2) is 0 Å². The maximum Gasteiger partial charge on any atom is 0.246 e. The Bertz CT molecular complexity index is 260. The monoisotopic (exact) mass is 242 g/mol. The van der Waals surface area contributed by atoms with Gasteiger partial charge in [0.15, 0.2) is 0 Å². The second-order valence-corrected chi connectivity index (χ2v) is 5.08. The first kappa shape index (κ1) is 12.8. The Morgan fingerprint density at radius 1 is 1.53 bits per heavy atom. The number of ether oxygens (including phenoxy) is 2. The summed E-state index contributed by atoms with van der Waals surface area (Å²) < 4.78 is 11.1. The van der Waals surface area contributed by atoms with Crippen molar-refractivity contribution in [1.82, 2.24) is 5.32 Å². The summed E-state index contributed by atoms with van der Waals surface area (Å²) in [7, 11) is 0. The third-order valence-corrected chi connectivity index (χ3v) is 3.45. The molecule has 0 bridgehead atoms. The van der Waals surface area contributed by atoms with E-state index in [1.165, 1.54) is 12.8 Å². The van der Waals surface area contributed by atoms with Crippen LogP contribution in [0.4, 0.5) is 0 Å². The second-order valence-electron chi connectivity index (χ2n) is 5.08. The van der Waals surface area contributed by atoms with E-state index in [1.807, 2.05) is 0 Å². The molecule has 0 spiro atoms. The van der Waals surface area contributed by atoms with Gasteiger partial charge in [0.1, 0.15) is 12.2 Å². The summed E-state index contributed by atoms with van der Waals surface area (Å²) in [5.41, 5.74) is 5.27. The molecule has 1 aliphatic carbocycles. The van der Waals surface area contributed by atoms with Crippen LogP contribution in [0.3, 0.4) is 0 Å². The minimum atomic E-state index is -0.449. The zero-order chi connectivity index (χ0) is 12.1. The summed E-state index contributed by atoms with van der Waals surface area (Å²) in [5, 5.41) is 2.88. The van der Waals surface area contributed by atoms with Crippen molar-refractivity contribution in [2.45, 2.75) is 31.3 Å².